The zero-order valence-electron chi connectivity index (χ0n) is 11.3. The highest BCUT2D eigenvalue weighted by atomic mass is 32.2. The van der Waals surface area contributed by atoms with E-state index < -0.39 is 0 Å². The summed E-state index contributed by atoms with van der Waals surface area (Å²) in [6.07, 6.45) is 2.02. The molecule has 0 atom stereocenters. The molecule has 21 heavy (non-hydrogen) atoms. The fourth-order valence-electron chi connectivity index (χ4n) is 1.92. The average Bonchev–Trinajstić information content (AvgIpc) is 2.97. The number of phenolic OH excluding ortho intramolecular Hbond substituents is 1. The Hall–Kier alpha value is -2.47. The molecule has 2 aromatic carbocycles. The van der Waals surface area contributed by atoms with E-state index in [0.717, 1.165) is 5.56 Å². The summed E-state index contributed by atoms with van der Waals surface area (Å²) in [6, 6.07) is 12.6. The maximum atomic E-state index is 9.88. The molecule has 106 valence electrons. The van der Waals surface area contributed by atoms with Gasteiger partial charge in [0.15, 0.2) is 0 Å². The van der Waals surface area contributed by atoms with Crippen LogP contribution in [0, 0.1) is 0 Å². The Morgan fingerprint density at radius 1 is 1.14 bits per heavy atom. The van der Waals surface area contributed by atoms with Crippen molar-refractivity contribution in [2.75, 3.05) is 12.0 Å². The minimum absolute atomic E-state index is 0.0166. The van der Waals surface area contributed by atoms with Crippen molar-refractivity contribution >= 4 is 17.4 Å². The molecule has 3 N–H and O–H groups in total. The second kappa shape index (κ2) is 5.49. The molecule has 0 aliphatic heterocycles. The second-order valence-corrected chi connectivity index (χ2v) is 5.31. The van der Waals surface area contributed by atoms with E-state index in [1.165, 1.54) is 11.0 Å². The highest BCUT2D eigenvalue weighted by Gasteiger charge is 2.14. The lowest BCUT2D eigenvalue weighted by Crippen LogP contribution is -1.86. The van der Waals surface area contributed by atoms with Gasteiger partial charge in [0.05, 0.1) is 5.56 Å². The molecule has 0 aliphatic carbocycles. The minimum atomic E-state index is 0.0166. The lowest BCUT2D eigenvalue weighted by molar-refractivity contribution is 0.426. The van der Waals surface area contributed by atoms with Crippen LogP contribution in [0.2, 0.25) is 0 Å². The van der Waals surface area contributed by atoms with E-state index in [9.17, 15) is 5.11 Å². The van der Waals surface area contributed by atoms with Crippen molar-refractivity contribution in [3.05, 3.63) is 42.5 Å². The third-order valence-corrected chi connectivity index (χ3v) is 3.77. The third kappa shape index (κ3) is 2.71. The standard InChI is InChI=1S/C15H13N3O2S/c1-21-11-5-2-9(3-6-11)14-17-15(20-18-14)12-7-4-10(16)8-13(12)19/h2-8,19H,16H2,1H3. The molecule has 0 aliphatic rings. The van der Waals surface area contributed by atoms with Crippen LogP contribution in [0.25, 0.3) is 22.8 Å². The molecule has 0 fully saturated rings. The number of aromatic hydroxyl groups is 1. The van der Waals surface area contributed by atoms with Crippen molar-refractivity contribution in [2.45, 2.75) is 4.90 Å². The third-order valence-electron chi connectivity index (χ3n) is 3.03. The quantitative estimate of drug-likeness (QED) is 0.569. The predicted molar refractivity (Wildman–Crippen MR) is 83.0 cm³/mol. The summed E-state index contributed by atoms with van der Waals surface area (Å²) >= 11 is 1.67. The van der Waals surface area contributed by atoms with Crippen LogP contribution in [0.3, 0.4) is 0 Å². The number of nitrogen functional groups attached to an aromatic ring is 1. The lowest BCUT2D eigenvalue weighted by atomic mass is 10.2. The highest BCUT2D eigenvalue weighted by Crippen LogP contribution is 2.31. The van der Waals surface area contributed by atoms with Crippen molar-refractivity contribution in [1.29, 1.82) is 0 Å². The first-order valence-electron chi connectivity index (χ1n) is 6.24. The van der Waals surface area contributed by atoms with Gasteiger partial charge in [0.1, 0.15) is 5.75 Å². The average molecular weight is 299 g/mol. The molecule has 0 spiro atoms. The van der Waals surface area contributed by atoms with Crippen LogP contribution in [0.5, 0.6) is 5.75 Å². The molecule has 1 aromatic heterocycles. The molecule has 0 unspecified atom stereocenters. The van der Waals surface area contributed by atoms with Gasteiger partial charge < -0.3 is 15.4 Å². The van der Waals surface area contributed by atoms with Crippen LogP contribution in [0.15, 0.2) is 51.9 Å². The molecule has 5 nitrogen and oxygen atoms in total. The topological polar surface area (TPSA) is 85.2 Å². The number of nitrogens with two attached hydrogens (primary N) is 1. The van der Waals surface area contributed by atoms with E-state index in [-0.39, 0.29) is 11.6 Å². The van der Waals surface area contributed by atoms with Gasteiger partial charge in [-0.1, -0.05) is 5.16 Å². The van der Waals surface area contributed by atoms with E-state index in [2.05, 4.69) is 10.1 Å². The summed E-state index contributed by atoms with van der Waals surface area (Å²) < 4.78 is 5.22. The van der Waals surface area contributed by atoms with E-state index in [4.69, 9.17) is 10.3 Å². The summed E-state index contributed by atoms with van der Waals surface area (Å²) in [5.74, 6) is 0.758. The van der Waals surface area contributed by atoms with Gasteiger partial charge in [-0.05, 0) is 42.7 Å². The van der Waals surface area contributed by atoms with Crippen molar-refractivity contribution in [2.24, 2.45) is 0 Å². The SMILES string of the molecule is CSc1ccc(-c2noc(-c3ccc(N)cc3O)n2)cc1. The Kier molecular flexibility index (Phi) is 3.53. The first-order valence-corrected chi connectivity index (χ1v) is 7.47. The van der Waals surface area contributed by atoms with E-state index in [1.54, 1.807) is 23.9 Å². The molecular weight excluding hydrogens is 286 g/mol. The number of hydrogen-bond donors (Lipinski definition) is 2. The van der Waals surface area contributed by atoms with Crippen LogP contribution in [-0.2, 0) is 0 Å². The summed E-state index contributed by atoms with van der Waals surface area (Å²) in [4.78, 5) is 5.48. The maximum absolute atomic E-state index is 9.88. The largest absolute Gasteiger partial charge is 0.507 e. The van der Waals surface area contributed by atoms with Gasteiger partial charge in [-0.25, -0.2) is 0 Å². The summed E-state index contributed by atoms with van der Waals surface area (Å²) in [5, 5.41) is 13.8. The number of benzene rings is 2. The zero-order valence-corrected chi connectivity index (χ0v) is 12.1. The normalized spacial score (nSPS) is 10.7. The molecular formula is C15H13N3O2S. The first kappa shape index (κ1) is 13.5. The Morgan fingerprint density at radius 3 is 2.57 bits per heavy atom. The lowest BCUT2D eigenvalue weighted by Gasteiger charge is -2.00. The molecule has 3 rings (SSSR count). The van der Waals surface area contributed by atoms with Crippen LogP contribution >= 0.6 is 11.8 Å². The van der Waals surface area contributed by atoms with Gasteiger partial charge in [-0.15, -0.1) is 11.8 Å². The van der Waals surface area contributed by atoms with Crippen molar-refractivity contribution < 1.29 is 9.63 Å². The monoisotopic (exact) mass is 299 g/mol. The van der Waals surface area contributed by atoms with Gasteiger partial charge in [0.2, 0.25) is 5.82 Å². The smallest absolute Gasteiger partial charge is 0.262 e. The number of rotatable bonds is 3. The van der Waals surface area contributed by atoms with Crippen molar-refractivity contribution in [1.82, 2.24) is 10.1 Å². The first-order chi connectivity index (χ1) is 10.2. The predicted octanol–water partition coefficient (Wildman–Crippen LogP) is 3.41. The number of hydrogen-bond acceptors (Lipinski definition) is 6. The molecule has 0 bridgehead atoms. The number of anilines is 1. The highest BCUT2D eigenvalue weighted by molar-refractivity contribution is 7.98. The maximum Gasteiger partial charge on any atom is 0.262 e. The van der Waals surface area contributed by atoms with Crippen molar-refractivity contribution in [3.63, 3.8) is 0 Å². The van der Waals surface area contributed by atoms with Crippen LogP contribution in [0.1, 0.15) is 0 Å². The Morgan fingerprint density at radius 2 is 1.90 bits per heavy atom. The van der Waals surface area contributed by atoms with E-state index in [1.807, 2.05) is 30.5 Å². The second-order valence-electron chi connectivity index (χ2n) is 4.43. The summed E-state index contributed by atoms with van der Waals surface area (Å²) in [7, 11) is 0. The van der Waals surface area contributed by atoms with Gasteiger partial charge >= 0.3 is 0 Å². The van der Waals surface area contributed by atoms with E-state index in [0.29, 0.717) is 17.1 Å². The fraction of sp³-hybridized carbons (Fsp3) is 0.0667. The number of aromatic nitrogens is 2. The summed E-state index contributed by atoms with van der Waals surface area (Å²) in [6.45, 7) is 0. The van der Waals surface area contributed by atoms with Gasteiger partial charge in [-0.3, -0.25) is 0 Å². The van der Waals surface area contributed by atoms with Crippen LogP contribution in [0.4, 0.5) is 5.69 Å². The van der Waals surface area contributed by atoms with Crippen molar-refractivity contribution in [3.8, 4) is 28.6 Å². The summed E-state index contributed by atoms with van der Waals surface area (Å²) in [5.41, 5.74) is 7.40. The number of phenols is 1. The Balaban J connectivity index is 1.95. The molecule has 1 heterocycles. The van der Waals surface area contributed by atoms with Gasteiger partial charge in [0.25, 0.3) is 5.89 Å². The number of nitrogens with zero attached hydrogens (tertiary/aromatic N) is 2. The Labute approximate surface area is 125 Å². The van der Waals surface area contributed by atoms with E-state index >= 15 is 0 Å². The molecule has 6 heteroatoms. The molecule has 3 aromatic rings. The molecule has 0 amide bonds. The van der Waals surface area contributed by atoms with Gasteiger partial charge in [-0.2, -0.15) is 4.98 Å². The van der Waals surface area contributed by atoms with Gasteiger partial charge in [0, 0.05) is 22.2 Å². The fourth-order valence-corrected chi connectivity index (χ4v) is 2.33. The van der Waals surface area contributed by atoms with Crippen LogP contribution in [-0.4, -0.2) is 21.5 Å². The number of thioether (sulfide) groups is 1. The molecule has 0 radical (unpaired) electrons. The minimum Gasteiger partial charge on any atom is -0.507 e. The molecule has 0 saturated heterocycles. The zero-order chi connectivity index (χ0) is 14.8. The van der Waals surface area contributed by atoms with Crippen LogP contribution < -0.4 is 5.73 Å². The molecule has 0 saturated carbocycles. The Bertz CT molecular complexity index is 769.